The standard InChI is InChI=1S/C9H15N3O2/c1-12-6-10-11-9(12)8(13)5-7-3-2-4-14-7/h6-8,13H,2-5H2,1H3. The van der Waals surface area contributed by atoms with E-state index in [9.17, 15) is 5.11 Å². The number of rotatable bonds is 3. The van der Waals surface area contributed by atoms with Crippen molar-refractivity contribution in [2.24, 2.45) is 7.05 Å². The third-order valence-corrected chi connectivity index (χ3v) is 2.55. The Balaban J connectivity index is 1.95. The summed E-state index contributed by atoms with van der Waals surface area (Å²) in [4.78, 5) is 0. The molecule has 0 bridgehead atoms. The summed E-state index contributed by atoms with van der Waals surface area (Å²) < 4.78 is 7.18. The SMILES string of the molecule is Cn1cnnc1C(O)CC1CCCO1. The van der Waals surface area contributed by atoms with Crippen molar-refractivity contribution in [1.82, 2.24) is 14.8 Å². The monoisotopic (exact) mass is 197 g/mol. The van der Waals surface area contributed by atoms with Crippen molar-refractivity contribution in [3.63, 3.8) is 0 Å². The van der Waals surface area contributed by atoms with Gasteiger partial charge in [0.2, 0.25) is 0 Å². The van der Waals surface area contributed by atoms with E-state index >= 15 is 0 Å². The topological polar surface area (TPSA) is 60.2 Å². The van der Waals surface area contributed by atoms with Crippen LogP contribution in [0, 0.1) is 0 Å². The van der Waals surface area contributed by atoms with Gasteiger partial charge in [0.15, 0.2) is 5.82 Å². The van der Waals surface area contributed by atoms with Crippen LogP contribution in [0.2, 0.25) is 0 Å². The second-order valence-electron chi connectivity index (χ2n) is 3.69. The lowest BCUT2D eigenvalue weighted by Gasteiger charge is -2.13. The van der Waals surface area contributed by atoms with Gasteiger partial charge in [-0.1, -0.05) is 0 Å². The number of aliphatic hydroxyl groups excluding tert-OH is 1. The molecule has 1 aliphatic rings. The summed E-state index contributed by atoms with van der Waals surface area (Å²) in [6, 6.07) is 0. The van der Waals surface area contributed by atoms with Gasteiger partial charge in [0, 0.05) is 20.1 Å². The van der Waals surface area contributed by atoms with Gasteiger partial charge in [-0.05, 0) is 12.8 Å². The minimum Gasteiger partial charge on any atom is -0.385 e. The largest absolute Gasteiger partial charge is 0.385 e. The number of aryl methyl sites for hydroxylation is 1. The van der Waals surface area contributed by atoms with E-state index in [2.05, 4.69) is 10.2 Å². The lowest BCUT2D eigenvalue weighted by atomic mass is 10.1. The number of hydrogen-bond donors (Lipinski definition) is 1. The van der Waals surface area contributed by atoms with Crippen molar-refractivity contribution in [3.8, 4) is 0 Å². The van der Waals surface area contributed by atoms with Crippen molar-refractivity contribution in [1.29, 1.82) is 0 Å². The zero-order valence-corrected chi connectivity index (χ0v) is 8.26. The molecular formula is C9H15N3O2. The van der Waals surface area contributed by atoms with Crippen molar-refractivity contribution in [2.75, 3.05) is 6.61 Å². The fourth-order valence-corrected chi connectivity index (χ4v) is 1.78. The average Bonchev–Trinajstić information content (AvgIpc) is 2.75. The van der Waals surface area contributed by atoms with Gasteiger partial charge in [0.25, 0.3) is 0 Å². The predicted octanol–water partition coefficient (Wildman–Crippen LogP) is 0.418. The summed E-state index contributed by atoms with van der Waals surface area (Å²) in [6.45, 7) is 0.816. The molecule has 5 nitrogen and oxygen atoms in total. The van der Waals surface area contributed by atoms with E-state index in [0.29, 0.717) is 12.2 Å². The van der Waals surface area contributed by atoms with Crippen LogP contribution >= 0.6 is 0 Å². The summed E-state index contributed by atoms with van der Waals surface area (Å²) in [5, 5.41) is 17.4. The van der Waals surface area contributed by atoms with E-state index in [1.807, 2.05) is 7.05 Å². The first-order chi connectivity index (χ1) is 6.77. The maximum Gasteiger partial charge on any atom is 0.161 e. The first-order valence-electron chi connectivity index (χ1n) is 4.91. The molecule has 0 amide bonds. The van der Waals surface area contributed by atoms with Gasteiger partial charge in [-0.15, -0.1) is 10.2 Å². The molecule has 2 atom stereocenters. The Morgan fingerprint density at radius 1 is 1.79 bits per heavy atom. The van der Waals surface area contributed by atoms with E-state index in [-0.39, 0.29) is 6.10 Å². The molecule has 0 spiro atoms. The minimum absolute atomic E-state index is 0.182. The molecule has 1 aromatic rings. The molecule has 78 valence electrons. The zero-order valence-electron chi connectivity index (χ0n) is 8.26. The summed E-state index contributed by atoms with van der Waals surface area (Å²) in [6.07, 6.45) is 3.96. The Kier molecular flexibility index (Phi) is 2.79. The third-order valence-electron chi connectivity index (χ3n) is 2.55. The van der Waals surface area contributed by atoms with Crippen LogP contribution in [0.15, 0.2) is 6.33 Å². The van der Waals surface area contributed by atoms with Crippen LogP contribution in [0.25, 0.3) is 0 Å². The summed E-state index contributed by atoms with van der Waals surface area (Å²) in [5.74, 6) is 0.612. The second-order valence-corrected chi connectivity index (χ2v) is 3.69. The minimum atomic E-state index is -0.564. The third kappa shape index (κ3) is 1.93. The van der Waals surface area contributed by atoms with Crippen LogP contribution in [0.5, 0.6) is 0 Å². The number of hydrogen-bond acceptors (Lipinski definition) is 4. The van der Waals surface area contributed by atoms with Crippen LogP contribution < -0.4 is 0 Å². The van der Waals surface area contributed by atoms with Crippen LogP contribution in [-0.2, 0) is 11.8 Å². The molecule has 0 radical (unpaired) electrons. The highest BCUT2D eigenvalue weighted by molar-refractivity contribution is 4.91. The molecule has 0 aliphatic carbocycles. The van der Waals surface area contributed by atoms with E-state index < -0.39 is 6.10 Å². The van der Waals surface area contributed by atoms with Crippen LogP contribution in [0.1, 0.15) is 31.2 Å². The maximum atomic E-state index is 9.85. The second kappa shape index (κ2) is 4.06. The molecule has 2 rings (SSSR count). The smallest absolute Gasteiger partial charge is 0.161 e. The zero-order chi connectivity index (χ0) is 9.97. The Labute approximate surface area is 82.7 Å². The van der Waals surface area contributed by atoms with Gasteiger partial charge in [0.05, 0.1) is 6.10 Å². The molecule has 1 aromatic heterocycles. The molecular weight excluding hydrogens is 182 g/mol. The van der Waals surface area contributed by atoms with Crippen molar-refractivity contribution >= 4 is 0 Å². The van der Waals surface area contributed by atoms with Gasteiger partial charge in [-0.25, -0.2) is 0 Å². The Hall–Kier alpha value is -0.940. The normalized spacial score (nSPS) is 24.0. The first-order valence-corrected chi connectivity index (χ1v) is 4.91. The number of ether oxygens (including phenoxy) is 1. The van der Waals surface area contributed by atoms with Gasteiger partial charge in [-0.3, -0.25) is 0 Å². The Bertz CT molecular complexity index is 294. The quantitative estimate of drug-likeness (QED) is 0.762. The van der Waals surface area contributed by atoms with E-state index in [1.54, 1.807) is 10.9 Å². The molecule has 1 N–H and O–H groups in total. The summed E-state index contributed by atoms with van der Waals surface area (Å²) in [5.41, 5.74) is 0. The molecule has 2 heterocycles. The van der Waals surface area contributed by atoms with Gasteiger partial charge < -0.3 is 14.4 Å². The van der Waals surface area contributed by atoms with E-state index in [4.69, 9.17) is 4.74 Å². The highest BCUT2D eigenvalue weighted by Crippen LogP contribution is 2.23. The van der Waals surface area contributed by atoms with Crippen LogP contribution in [0.3, 0.4) is 0 Å². The summed E-state index contributed by atoms with van der Waals surface area (Å²) >= 11 is 0. The van der Waals surface area contributed by atoms with E-state index in [1.165, 1.54) is 0 Å². The molecule has 14 heavy (non-hydrogen) atoms. The first kappa shape index (κ1) is 9.61. The molecule has 2 unspecified atom stereocenters. The fourth-order valence-electron chi connectivity index (χ4n) is 1.78. The van der Waals surface area contributed by atoms with Crippen molar-refractivity contribution in [2.45, 2.75) is 31.5 Å². The number of aliphatic hydroxyl groups is 1. The van der Waals surface area contributed by atoms with Gasteiger partial charge in [0.1, 0.15) is 12.4 Å². The molecule has 1 fully saturated rings. The highest BCUT2D eigenvalue weighted by Gasteiger charge is 2.22. The fraction of sp³-hybridized carbons (Fsp3) is 0.778. The molecule has 5 heteroatoms. The lowest BCUT2D eigenvalue weighted by Crippen LogP contribution is -2.14. The summed E-state index contributed by atoms with van der Waals surface area (Å²) in [7, 11) is 1.83. The maximum absolute atomic E-state index is 9.85. The average molecular weight is 197 g/mol. The predicted molar refractivity (Wildman–Crippen MR) is 49.6 cm³/mol. The number of nitrogens with zero attached hydrogens (tertiary/aromatic N) is 3. The molecule has 1 aliphatic heterocycles. The Morgan fingerprint density at radius 3 is 3.21 bits per heavy atom. The Morgan fingerprint density at radius 2 is 2.64 bits per heavy atom. The van der Waals surface area contributed by atoms with Crippen LogP contribution in [-0.4, -0.2) is 32.6 Å². The molecule has 0 aromatic carbocycles. The number of aromatic nitrogens is 3. The molecule has 1 saturated heterocycles. The highest BCUT2D eigenvalue weighted by atomic mass is 16.5. The van der Waals surface area contributed by atoms with E-state index in [0.717, 1.165) is 19.4 Å². The van der Waals surface area contributed by atoms with Crippen LogP contribution in [0.4, 0.5) is 0 Å². The van der Waals surface area contributed by atoms with Gasteiger partial charge >= 0.3 is 0 Å². The van der Waals surface area contributed by atoms with Crippen molar-refractivity contribution < 1.29 is 9.84 Å². The lowest BCUT2D eigenvalue weighted by molar-refractivity contribution is 0.0489. The molecule has 0 saturated carbocycles. The van der Waals surface area contributed by atoms with Crippen molar-refractivity contribution in [3.05, 3.63) is 12.2 Å². The van der Waals surface area contributed by atoms with Gasteiger partial charge in [-0.2, -0.15) is 0 Å².